The minimum Gasteiger partial charge on any atom is -0.358 e. The quantitative estimate of drug-likeness (QED) is 0.678. The number of nitrogens with one attached hydrogen (secondary N) is 1. The van der Waals surface area contributed by atoms with Gasteiger partial charge in [-0.15, -0.1) is 0 Å². The second kappa shape index (κ2) is 6.60. The maximum absolute atomic E-state index is 12.3. The molecule has 1 unspecified atom stereocenters. The van der Waals surface area contributed by atoms with Crippen LogP contribution in [-0.4, -0.2) is 20.6 Å². The molecule has 0 aliphatic rings. The van der Waals surface area contributed by atoms with Crippen LogP contribution in [0.25, 0.3) is 0 Å². The molecule has 2 rings (SSSR count). The Morgan fingerprint density at radius 2 is 2.09 bits per heavy atom. The van der Waals surface area contributed by atoms with Crippen LogP contribution < -0.4 is 5.32 Å². The first-order chi connectivity index (χ1) is 10.8. The Bertz CT molecular complexity index is 752. The number of aryl methyl sites for hydroxylation is 2. The van der Waals surface area contributed by atoms with Crippen molar-refractivity contribution in [1.29, 1.82) is 0 Å². The first-order valence-corrected chi connectivity index (χ1v) is 7.35. The second-order valence-corrected chi connectivity index (χ2v) is 5.72. The third kappa shape index (κ3) is 3.74. The van der Waals surface area contributed by atoms with E-state index in [1.54, 1.807) is 13.8 Å². The normalized spacial score (nSPS) is 12.0. The molecule has 1 heterocycles. The van der Waals surface area contributed by atoms with Gasteiger partial charge in [-0.25, -0.2) is 0 Å². The summed E-state index contributed by atoms with van der Waals surface area (Å²) in [6.45, 7) is 7.73. The van der Waals surface area contributed by atoms with E-state index in [9.17, 15) is 14.9 Å². The van der Waals surface area contributed by atoms with Crippen LogP contribution in [0, 0.1) is 36.8 Å². The Morgan fingerprint density at radius 1 is 1.39 bits per heavy atom. The van der Waals surface area contributed by atoms with Crippen molar-refractivity contribution in [2.24, 2.45) is 5.92 Å². The number of anilines is 1. The minimum atomic E-state index is -0.537. The van der Waals surface area contributed by atoms with E-state index in [0.717, 1.165) is 16.8 Å². The number of amides is 1. The molecule has 0 fully saturated rings. The monoisotopic (exact) mass is 316 g/mol. The number of carbonyl (C=O) groups excluding carboxylic acids is 1. The number of hydrogen-bond acceptors (Lipinski definition) is 4. The molecule has 23 heavy (non-hydrogen) atoms. The van der Waals surface area contributed by atoms with Crippen LogP contribution in [0.3, 0.4) is 0 Å². The van der Waals surface area contributed by atoms with Crippen molar-refractivity contribution >= 4 is 17.4 Å². The molecule has 0 radical (unpaired) electrons. The van der Waals surface area contributed by atoms with Gasteiger partial charge in [0.15, 0.2) is 0 Å². The van der Waals surface area contributed by atoms with Crippen LogP contribution in [0.2, 0.25) is 0 Å². The van der Waals surface area contributed by atoms with Crippen molar-refractivity contribution in [1.82, 2.24) is 9.78 Å². The maximum Gasteiger partial charge on any atom is 0.390 e. The molecule has 2 aromatic rings. The Balaban J connectivity index is 2.08. The van der Waals surface area contributed by atoms with Crippen molar-refractivity contribution in [2.75, 3.05) is 5.32 Å². The van der Waals surface area contributed by atoms with Crippen LogP contribution in [0.4, 0.5) is 11.5 Å². The summed E-state index contributed by atoms with van der Waals surface area (Å²) in [6.07, 6.45) is 0. The van der Waals surface area contributed by atoms with Crippen molar-refractivity contribution in [2.45, 2.75) is 34.2 Å². The molecule has 7 nitrogen and oxygen atoms in total. The number of aromatic nitrogens is 2. The lowest BCUT2D eigenvalue weighted by Crippen LogP contribution is -2.25. The summed E-state index contributed by atoms with van der Waals surface area (Å²) in [4.78, 5) is 22.6. The fourth-order valence-corrected chi connectivity index (χ4v) is 2.25. The largest absolute Gasteiger partial charge is 0.390 e. The van der Waals surface area contributed by atoms with Gasteiger partial charge in [-0.05, 0) is 42.9 Å². The zero-order valence-electron chi connectivity index (χ0n) is 13.7. The van der Waals surface area contributed by atoms with Gasteiger partial charge in [0.2, 0.25) is 5.91 Å². The van der Waals surface area contributed by atoms with Crippen molar-refractivity contribution in [3.63, 3.8) is 0 Å². The first kappa shape index (κ1) is 16.7. The summed E-state index contributed by atoms with van der Waals surface area (Å²) in [7, 11) is 0. The summed E-state index contributed by atoms with van der Waals surface area (Å²) in [6, 6.07) is 7.14. The molecule has 0 saturated carbocycles. The average molecular weight is 316 g/mol. The lowest BCUT2D eigenvalue weighted by molar-refractivity contribution is -0.389. The number of benzene rings is 1. The fourth-order valence-electron chi connectivity index (χ4n) is 2.25. The number of nitrogens with zero attached hydrogens (tertiary/aromatic N) is 3. The van der Waals surface area contributed by atoms with Gasteiger partial charge in [0.05, 0.1) is 29.3 Å². The maximum atomic E-state index is 12.3. The molecule has 7 heteroatoms. The molecular weight excluding hydrogens is 296 g/mol. The van der Waals surface area contributed by atoms with Crippen LogP contribution in [0.5, 0.6) is 0 Å². The smallest absolute Gasteiger partial charge is 0.358 e. The molecule has 0 bridgehead atoms. The van der Waals surface area contributed by atoms with E-state index in [2.05, 4.69) is 10.4 Å². The number of hydrogen-bond donors (Lipinski definition) is 1. The van der Waals surface area contributed by atoms with E-state index in [1.807, 2.05) is 32.0 Å². The molecule has 122 valence electrons. The van der Waals surface area contributed by atoms with E-state index in [0.29, 0.717) is 5.69 Å². The van der Waals surface area contributed by atoms with Gasteiger partial charge in [0.1, 0.15) is 0 Å². The number of carbonyl (C=O) groups is 1. The zero-order chi connectivity index (χ0) is 17.1. The van der Waals surface area contributed by atoms with Gasteiger partial charge in [0, 0.05) is 5.69 Å². The molecule has 1 amide bonds. The number of rotatable bonds is 5. The lowest BCUT2D eigenvalue weighted by atomic mass is 10.1. The third-order valence-corrected chi connectivity index (χ3v) is 3.91. The average Bonchev–Trinajstić information content (AvgIpc) is 2.85. The van der Waals surface area contributed by atoms with Crippen LogP contribution in [0.1, 0.15) is 23.7 Å². The first-order valence-electron chi connectivity index (χ1n) is 7.35. The predicted molar refractivity (Wildman–Crippen MR) is 87.3 cm³/mol. The standard InChI is InChI=1S/C16H20N4O3/c1-10-6-5-7-14(13(10)4)17-16(21)11(2)9-19-12(3)8-15(18-19)20(22)23/h5-8,11H,9H2,1-4H3,(H,17,21). The summed E-state index contributed by atoms with van der Waals surface area (Å²) in [5, 5.41) is 17.6. The topological polar surface area (TPSA) is 90.1 Å². The van der Waals surface area contributed by atoms with E-state index < -0.39 is 4.92 Å². The number of nitro groups is 1. The van der Waals surface area contributed by atoms with Crippen molar-refractivity contribution in [3.05, 3.63) is 51.2 Å². The summed E-state index contributed by atoms with van der Waals surface area (Å²) in [5.74, 6) is -0.714. The SMILES string of the molecule is Cc1cccc(NC(=O)C(C)Cn2nc([N+](=O)[O-])cc2C)c1C. The van der Waals surface area contributed by atoms with Crippen molar-refractivity contribution < 1.29 is 9.72 Å². The molecule has 0 aliphatic carbocycles. The predicted octanol–water partition coefficient (Wildman–Crippen LogP) is 2.99. The van der Waals surface area contributed by atoms with Crippen molar-refractivity contribution in [3.8, 4) is 0 Å². The van der Waals surface area contributed by atoms with Gasteiger partial charge >= 0.3 is 5.82 Å². The Labute approximate surface area is 134 Å². The highest BCUT2D eigenvalue weighted by Gasteiger charge is 2.21. The summed E-state index contributed by atoms with van der Waals surface area (Å²) in [5.41, 5.74) is 3.57. The Hall–Kier alpha value is -2.70. The van der Waals surface area contributed by atoms with Crippen LogP contribution in [0.15, 0.2) is 24.3 Å². The molecule has 1 N–H and O–H groups in total. The highest BCUT2D eigenvalue weighted by Crippen LogP contribution is 2.19. The van der Waals surface area contributed by atoms with Crippen LogP contribution >= 0.6 is 0 Å². The Kier molecular flexibility index (Phi) is 4.78. The van der Waals surface area contributed by atoms with Gasteiger partial charge in [0.25, 0.3) is 0 Å². The summed E-state index contributed by atoms with van der Waals surface area (Å²) < 4.78 is 1.49. The fraction of sp³-hybridized carbons (Fsp3) is 0.375. The highest BCUT2D eigenvalue weighted by atomic mass is 16.6. The van der Waals surface area contributed by atoms with E-state index in [4.69, 9.17) is 0 Å². The van der Waals surface area contributed by atoms with Gasteiger partial charge in [-0.2, -0.15) is 4.68 Å². The molecule has 1 atom stereocenters. The van der Waals surface area contributed by atoms with E-state index in [1.165, 1.54) is 10.7 Å². The second-order valence-electron chi connectivity index (χ2n) is 5.72. The van der Waals surface area contributed by atoms with Gasteiger partial charge in [-0.3, -0.25) is 4.79 Å². The molecule has 0 saturated heterocycles. The van der Waals surface area contributed by atoms with Crippen LogP contribution in [-0.2, 0) is 11.3 Å². The molecule has 0 aliphatic heterocycles. The third-order valence-electron chi connectivity index (χ3n) is 3.91. The minimum absolute atomic E-state index is 0.142. The zero-order valence-corrected chi connectivity index (χ0v) is 13.7. The lowest BCUT2D eigenvalue weighted by Gasteiger charge is -2.14. The highest BCUT2D eigenvalue weighted by molar-refractivity contribution is 5.93. The summed E-state index contributed by atoms with van der Waals surface area (Å²) >= 11 is 0. The van der Waals surface area contributed by atoms with Gasteiger partial charge in [-0.1, -0.05) is 19.1 Å². The Morgan fingerprint density at radius 3 is 2.70 bits per heavy atom. The molecule has 1 aromatic carbocycles. The van der Waals surface area contributed by atoms with E-state index >= 15 is 0 Å². The molecule has 1 aromatic heterocycles. The molecular formula is C16H20N4O3. The van der Waals surface area contributed by atoms with E-state index in [-0.39, 0.29) is 24.2 Å². The molecule has 0 spiro atoms. The van der Waals surface area contributed by atoms with Gasteiger partial charge < -0.3 is 15.4 Å².